The van der Waals surface area contributed by atoms with Crippen LogP contribution in [0.4, 0.5) is 11.4 Å². The van der Waals surface area contributed by atoms with Crippen LogP contribution in [0.2, 0.25) is 0 Å². The lowest BCUT2D eigenvalue weighted by molar-refractivity contribution is -0.116. The SMILES string of the molecule is Cc1ccc(NC(=O)CCCC2CCCCC2)cc1NC(=O)c1ccc(O)cc1. The Bertz CT molecular complexity index is 840. The number of carbonyl (C=O) groups is 2. The lowest BCUT2D eigenvalue weighted by atomic mass is 9.86. The number of hydrogen-bond acceptors (Lipinski definition) is 3. The van der Waals surface area contributed by atoms with Crippen molar-refractivity contribution in [3.8, 4) is 5.75 Å². The number of amides is 2. The highest BCUT2D eigenvalue weighted by molar-refractivity contribution is 6.05. The van der Waals surface area contributed by atoms with Crippen LogP contribution in [0.3, 0.4) is 0 Å². The Morgan fingerprint density at radius 2 is 1.72 bits per heavy atom. The highest BCUT2D eigenvalue weighted by atomic mass is 16.3. The molecule has 0 aromatic heterocycles. The third-order valence-corrected chi connectivity index (χ3v) is 5.64. The highest BCUT2D eigenvalue weighted by Crippen LogP contribution is 2.28. The Morgan fingerprint density at radius 3 is 2.45 bits per heavy atom. The zero-order chi connectivity index (χ0) is 20.6. The topological polar surface area (TPSA) is 78.4 Å². The largest absolute Gasteiger partial charge is 0.508 e. The zero-order valence-corrected chi connectivity index (χ0v) is 17.0. The van der Waals surface area contributed by atoms with E-state index in [1.54, 1.807) is 18.2 Å². The van der Waals surface area contributed by atoms with Crippen LogP contribution < -0.4 is 10.6 Å². The Labute approximate surface area is 172 Å². The second-order valence-corrected chi connectivity index (χ2v) is 7.98. The molecule has 2 aromatic carbocycles. The molecule has 1 aliphatic carbocycles. The van der Waals surface area contributed by atoms with E-state index in [0.29, 0.717) is 23.4 Å². The molecule has 5 nitrogen and oxygen atoms in total. The molecule has 0 unspecified atom stereocenters. The fourth-order valence-corrected chi connectivity index (χ4v) is 3.89. The van der Waals surface area contributed by atoms with Gasteiger partial charge in [-0.2, -0.15) is 0 Å². The number of phenols is 1. The van der Waals surface area contributed by atoms with E-state index in [1.807, 2.05) is 19.1 Å². The van der Waals surface area contributed by atoms with E-state index in [4.69, 9.17) is 0 Å². The van der Waals surface area contributed by atoms with Crippen LogP contribution in [-0.4, -0.2) is 16.9 Å². The summed E-state index contributed by atoms with van der Waals surface area (Å²) in [6.07, 6.45) is 9.22. The molecule has 0 atom stereocenters. The molecular weight excluding hydrogens is 364 g/mol. The van der Waals surface area contributed by atoms with Gasteiger partial charge in [-0.15, -0.1) is 0 Å². The number of hydrogen-bond donors (Lipinski definition) is 3. The molecular formula is C24H30N2O3. The molecule has 0 saturated heterocycles. The molecule has 0 bridgehead atoms. The summed E-state index contributed by atoms with van der Waals surface area (Å²) in [5, 5.41) is 15.2. The standard InChI is InChI=1S/C24H30N2O3/c1-17-10-13-20(25-23(28)9-5-8-18-6-3-2-4-7-18)16-22(17)26-24(29)19-11-14-21(27)15-12-19/h10-16,18,27H,2-9H2,1H3,(H,25,28)(H,26,29). The van der Waals surface area contributed by atoms with Gasteiger partial charge in [-0.3, -0.25) is 9.59 Å². The Kier molecular flexibility index (Phi) is 7.28. The minimum absolute atomic E-state index is 0.0143. The molecule has 1 aliphatic rings. The molecule has 3 rings (SSSR count). The molecule has 29 heavy (non-hydrogen) atoms. The summed E-state index contributed by atoms with van der Waals surface area (Å²) in [6, 6.07) is 11.6. The van der Waals surface area contributed by atoms with E-state index in [0.717, 1.165) is 24.3 Å². The summed E-state index contributed by atoms with van der Waals surface area (Å²) in [6.45, 7) is 1.90. The second kappa shape index (κ2) is 10.1. The van der Waals surface area contributed by atoms with Crippen LogP contribution in [0.15, 0.2) is 42.5 Å². The third kappa shape index (κ3) is 6.34. The fraction of sp³-hybridized carbons (Fsp3) is 0.417. The van der Waals surface area contributed by atoms with Gasteiger partial charge in [0.2, 0.25) is 5.91 Å². The summed E-state index contributed by atoms with van der Waals surface area (Å²) in [5.74, 6) is 0.660. The number of anilines is 2. The number of aromatic hydroxyl groups is 1. The summed E-state index contributed by atoms with van der Waals surface area (Å²) in [4.78, 5) is 24.7. The number of rotatable bonds is 7. The van der Waals surface area contributed by atoms with Crippen molar-refractivity contribution in [1.82, 2.24) is 0 Å². The number of carbonyl (C=O) groups excluding carboxylic acids is 2. The van der Waals surface area contributed by atoms with Crippen LogP contribution in [-0.2, 0) is 4.79 Å². The van der Waals surface area contributed by atoms with Crippen LogP contribution in [0.5, 0.6) is 5.75 Å². The minimum atomic E-state index is -0.260. The Balaban J connectivity index is 1.53. The predicted molar refractivity (Wildman–Crippen MR) is 116 cm³/mol. The molecule has 0 aliphatic heterocycles. The molecule has 0 heterocycles. The van der Waals surface area contributed by atoms with Crippen LogP contribution in [0.1, 0.15) is 67.3 Å². The lowest BCUT2D eigenvalue weighted by Gasteiger charge is -2.21. The maximum atomic E-state index is 12.4. The van der Waals surface area contributed by atoms with Crippen molar-refractivity contribution in [2.45, 2.75) is 58.3 Å². The normalized spacial score (nSPS) is 14.4. The van der Waals surface area contributed by atoms with Gasteiger partial charge in [0.1, 0.15) is 5.75 Å². The zero-order valence-electron chi connectivity index (χ0n) is 17.0. The van der Waals surface area contributed by atoms with Gasteiger partial charge in [0.15, 0.2) is 0 Å². The van der Waals surface area contributed by atoms with E-state index in [-0.39, 0.29) is 17.6 Å². The van der Waals surface area contributed by atoms with Gasteiger partial charge in [-0.1, -0.05) is 38.2 Å². The minimum Gasteiger partial charge on any atom is -0.508 e. The molecule has 154 valence electrons. The summed E-state index contributed by atoms with van der Waals surface area (Å²) in [5.41, 5.74) is 2.70. The number of phenolic OH excluding ortho intramolecular Hbond substituents is 1. The van der Waals surface area contributed by atoms with Crippen molar-refractivity contribution in [2.24, 2.45) is 5.92 Å². The van der Waals surface area contributed by atoms with E-state index in [9.17, 15) is 14.7 Å². The second-order valence-electron chi connectivity index (χ2n) is 7.98. The summed E-state index contributed by atoms with van der Waals surface area (Å²) >= 11 is 0. The quantitative estimate of drug-likeness (QED) is 0.568. The van der Waals surface area contributed by atoms with Gasteiger partial charge in [0, 0.05) is 23.4 Å². The first-order valence-electron chi connectivity index (χ1n) is 10.5. The Hall–Kier alpha value is -2.82. The van der Waals surface area contributed by atoms with Gasteiger partial charge in [0.25, 0.3) is 5.91 Å². The highest BCUT2D eigenvalue weighted by Gasteiger charge is 2.14. The summed E-state index contributed by atoms with van der Waals surface area (Å²) < 4.78 is 0. The van der Waals surface area contributed by atoms with Crippen molar-refractivity contribution in [2.75, 3.05) is 10.6 Å². The fourth-order valence-electron chi connectivity index (χ4n) is 3.89. The lowest BCUT2D eigenvalue weighted by Crippen LogP contribution is -2.15. The average Bonchev–Trinajstić information content (AvgIpc) is 2.72. The van der Waals surface area contributed by atoms with Gasteiger partial charge in [-0.25, -0.2) is 0 Å². The van der Waals surface area contributed by atoms with Crippen molar-refractivity contribution in [3.05, 3.63) is 53.6 Å². The van der Waals surface area contributed by atoms with E-state index in [2.05, 4.69) is 10.6 Å². The van der Waals surface area contributed by atoms with Crippen molar-refractivity contribution >= 4 is 23.2 Å². The molecule has 3 N–H and O–H groups in total. The van der Waals surface area contributed by atoms with Crippen LogP contribution in [0.25, 0.3) is 0 Å². The third-order valence-electron chi connectivity index (χ3n) is 5.64. The van der Waals surface area contributed by atoms with Crippen LogP contribution >= 0.6 is 0 Å². The maximum absolute atomic E-state index is 12.4. The van der Waals surface area contributed by atoms with Crippen LogP contribution in [0, 0.1) is 12.8 Å². The first-order chi connectivity index (χ1) is 14.0. The van der Waals surface area contributed by atoms with Crippen molar-refractivity contribution < 1.29 is 14.7 Å². The molecule has 0 radical (unpaired) electrons. The van der Waals surface area contributed by atoms with Gasteiger partial charge in [0.05, 0.1) is 0 Å². The first-order valence-corrected chi connectivity index (χ1v) is 10.5. The summed E-state index contributed by atoms with van der Waals surface area (Å²) in [7, 11) is 0. The van der Waals surface area contributed by atoms with Crippen molar-refractivity contribution in [1.29, 1.82) is 0 Å². The molecule has 2 amide bonds. The van der Waals surface area contributed by atoms with Gasteiger partial charge < -0.3 is 15.7 Å². The smallest absolute Gasteiger partial charge is 0.255 e. The molecule has 1 fully saturated rings. The van der Waals surface area contributed by atoms with Gasteiger partial charge in [-0.05, 0) is 67.6 Å². The first kappa shape index (κ1) is 20.9. The molecule has 2 aromatic rings. The van der Waals surface area contributed by atoms with E-state index in [1.165, 1.54) is 44.2 Å². The average molecular weight is 395 g/mol. The van der Waals surface area contributed by atoms with E-state index >= 15 is 0 Å². The number of benzene rings is 2. The number of nitrogens with one attached hydrogen (secondary N) is 2. The number of aryl methyl sites for hydroxylation is 1. The Morgan fingerprint density at radius 1 is 1.00 bits per heavy atom. The molecule has 1 saturated carbocycles. The maximum Gasteiger partial charge on any atom is 0.255 e. The van der Waals surface area contributed by atoms with Gasteiger partial charge >= 0.3 is 0 Å². The molecule has 0 spiro atoms. The monoisotopic (exact) mass is 394 g/mol. The van der Waals surface area contributed by atoms with E-state index < -0.39 is 0 Å². The molecule has 5 heteroatoms. The predicted octanol–water partition coefficient (Wildman–Crippen LogP) is 5.64. The van der Waals surface area contributed by atoms with Crippen molar-refractivity contribution in [3.63, 3.8) is 0 Å².